The molecule has 0 bridgehead atoms. The van der Waals surface area contributed by atoms with Gasteiger partial charge < -0.3 is 10.6 Å². The van der Waals surface area contributed by atoms with E-state index >= 15 is 0 Å². The highest BCUT2D eigenvalue weighted by Gasteiger charge is 2.40. The lowest BCUT2D eigenvalue weighted by Crippen LogP contribution is -2.49. The number of piperidine rings is 1. The van der Waals surface area contributed by atoms with Crippen molar-refractivity contribution >= 4 is 0 Å². The summed E-state index contributed by atoms with van der Waals surface area (Å²) in [4.78, 5) is 2.74. The third kappa shape index (κ3) is 2.73. The van der Waals surface area contributed by atoms with E-state index in [-0.39, 0.29) is 0 Å². The Hall–Kier alpha value is -0.590. The zero-order chi connectivity index (χ0) is 14.0. The van der Waals surface area contributed by atoms with Gasteiger partial charge in [0.05, 0.1) is 6.07 Å². The SMILES string of the molecule is N#CC1(N)CCCC1CCN1CCCC2CCCCC21. The smallest absolute Gasteiger partial charge is 0.107 e. The topological polar surface area (TPSA) is 53.1 Å². The van der Waals surface area contributed by atoms with Crippen LogP contribution in [-0.4, -0.2) is 29.6 Å². The lowest BCUT2D eigenvalue weighted by atomic mass is 9.78. The molecule has 3 nitrogen and oxygen atoms in total. The molecule has 112 valence electrons. The summed E-state index contributed by atoms with van der Waals surface area (Å²) < 4.78 is 0. The number of rotatable bonds is 3. The molecule has 2 aliphatic carbocycles. The number of hydrogen-bond acceptors (Lipinski definition) is 3. The predicted octanol–water partition coefficient (Wildman–Crippen LogP) is 3.05. The Morgan fingerprint density at radius 3 is 2.75 bits per heavy atom. The monoisotopic (exact) mass is 275 g/mol. The van der Waals surface area contributed by atoms with Gasteiger partial charge in [-0.1, -0.05) is 19.3 Å². The standard InChI is InChI=1S/C17H29N3/c18-13-17(19)10-3-7-15(17)9-12-20-11-4-6-14-5-1-2-8-16(14)20/h14-16H,1-12,19H2. The van der Waals surface area contributed by atoms with Crippen molar-refractivity contribution in [1.29, 1.82) is 5.26 Å². The van der Waals surface area contributed by atoms with Crippen LogP contribution >= 0.6 is 0 Å². The second kappa shape index (κ2) is 6.03. The Balaban J connectivity index is 1.56. The van der Waals surface area contributed by atoms with Gasteiger partial charge in [0.1, 0.15) is 5.54 Å². The fraction of sp³-hybridized carbons (Fsp3) is 0.941. The Labute approximate surface area is 123 Å². The van der Waals surface area contributed by atoms with Gasteiger partial charge in [0.15, 0.2) is 0 Å². The predicted molar refractivity (Wildman–Crippen MR) is 81.0 cm³/mol. The summed E-state index contributed by atoms with van der Waals surface area (Å²) in [6.07, 6.45) is 12.9. The number of nitriles is 1. The van der Waals surface area contributed by atoms with Crippen LogP contribution in [0.25, 0.3) is 0 Å². The Bertz CT molecular complexity index is 373. The summed E-state index contributed by atoms with van der Waals surface area (Å²) in [5.41, 5.74) is 5.74. The first-order valence-electron chi connectivity index (χ1n) is 8.67. The molecule has 3 heteroatoms. The van der Waals surface area contributed by atoms with Crippen molar-refractivity contribution in [1.82, 2.24) is 4.90 Å². The second-order valence-corrected chi connectivity index (χ2v) is 7.32. The van der Waals surface area contributed by atoms with Crippen LogP contribution in [0.5, 0.6) is 0 Å². The van der Waals surface area contributed by atoms with E-state index in [1.807, 2.05) is 0 Å². The molecule has 2 saturated carbocycles. The first-order valence-corrected chi connectivity index (χ1v) is 8.67. The van der Waals surface area contributed by atoms with Gasteiger partial charge in [-0.3, -0.25) is 0 Å². The molecule has 4 atom stereocenters. The van der Waals surface area contributed by atoms with E-state index in [2.05, 4.69) is 11.0 Å². The van der Waals surface area contributed by atoms with Crippen LogP contribution in [0.4, 0.5) is 0 Å². The van der Waals surface area contributed by atoms with Gasteiger partial charge in [-0.25, -0.2) is 0 Å². The quantitative estimate of drug-likeness (QED) is 0.861. The van der Waals surface area contributed by atoms with Gasteiger partial charge >= 0.3 is 0 Å². The van der Waals surface area contributed by atoms with Crippen LogP contribution in [0, 0.1) is 23.2 Å². The highest BCUT2D eigenvalue weighted by atomic mass is 15.2. The van der Waals surface area contributed by atoms with Crippen molar-refractivity contribution in [2.24, 2.45) is 17.6 Å². The van der Waals surface area contributed by atoms with Gasteiger partial charge in [-0.2, -0.15) is 5.26 Å². The van der Waals surface area contributed by atoms with Crippen LogP contribution in [0.2, 0.25) is 0 Å². The van der Waals surface area contributed by atoms with Crippen LogP contribution in [0.3, 0.4) is 0 Å². The Morgan fingerprint density at radius 1 is 1.10 bits per heavy atom. The minimum atomic E-state index is -0.526. The fourth-order valence-corrected chi connectivity index (χ4v) is 4.98. The summed E-state index contributed by atoms with van der Waals surface area (Å²) in [7, 11) is 0. The van der Waals surface area contributed by atoms with E-state index < -0.39 is 5.54 Å². The molecule has 1 heterocycles. The Morgan fingerprint density at radius 2 is 1.90 bits per heavy atom. The molecule has 1 saturated heterocycles. The van der Waals surface area contributed by atoms with Crippen molar-refractivity contribution < 1.29 is 0 Å². The molecular weight excluding hydrogens is 246 g/mol. The van der Waals surface area contributed by atoms with Gasteiger partial charge in [-0.05, 0) is 69.9 Å². The van der Waals surface area contributed by atoms with Crippen molar-refractivity contribution in [2.75, 3.05) is 13.1 Å². The molecule has 3 fully saturated rings. The second-order valence-electron chi connectivity index (χ2n) is 7.32. The van der Waals surface area contributed by atoms with E-state index in [9.17, 15) is 5.26 Å². The molecule has 4 unspecified atom stereocenters. The van der Waals surface area contributed by atoms with E-state index in [0.717, 1.165) is 37.6 Å². The maximum atomic E-state index is 9.33. The molecule has 2 N–H and O–H groups in total. The van der Waals surface area contributed by atoms with Gasteiger partial charge in [0.25, 0.3) is 0 Å². The number of fused-ring (bicyclic) bond motifs is 1. The normalized spacial score (nSPS) is 42.1. The van der Waals surface area contributed by atoms with E-state index in [4.69, 9.17) is 5.73 Å². The number of nitrogens with two attached hydrogens (primary N) is 1. The minimum Gasteiger partial charge on any atom is -0.313 e. The minimum absolute atomic E-state index is 0.427. The van der Waals surface area contributed by atoms with Crippen LogP contribution in [-0.2, 0) is 0 Å². The fourth-order valence-electron chi connectivity index (χ4n) is 4.98. The summed E-state index contributed by atoms with van der Waals surface area (Å²) >= 11 is 0. The number of nitrogens with zero attached hydrogens (tertiary/aromatic N) is 2. The highest BCUT2D eigenvalue weighted by molar-refractivity contribution is 5.12. The van der Waals surface area contributed by atoms with Crippen molar-refractivity contribution in [3.05, 3.63) is 0 Å². The maximum absolute atomic E-state index is 9.33. The first-order chi connectivity index (χ1) is 9.73. The zero-order valence-corrected chi connectivity index (χ0v) is 12.7. The Kier molecular flexibility index (Phi) is 4.33. The van der Waals surface area contributed by atoms with Crippen LogP contribution in [0.15, 0.2) is 0 Å². The number of hydrogen-bond donors (Lipinski definition) is 1. The van der Waals surface area contributed by atoms with Crippen molar-refractivity contribution in [2.45, 2.75) is 75.8 Å². The van der Waals surface area contributed by atoms with Crippen LogP contribution in [0.1, 0.15) is 64.2 Å². The molecular formula is C17H29N3. The lowest BCUT2D eigenvalue weighted by molar-refractivity contribution is 0.0549. The largest absolute Gasteiger partial charge is 0.313 e. The van der Waals surface area contributed by atoms with Gasteiger partial charge in [-0.15, -0.1) is 0 Å². The molecule has 20 heavy (non-hydrogen) atoms. The number of likely N-dealkylation sites (tertiary alicyclic amines) is 1. The third-order valence-electron chi connectivity index (χ3n) is 6.20. The van der Waals surface area contributed by atoms with Crippen molar-refractivity contribution in [3.8, 4) is 6.07 Å². The van der Waals surface area contributed by atoms with E-state index in [1.165, 1.54) is 51.6 Å². The summed E-state index contributed by atoms with van der Waals surface area (Å²) in [6, 6.07) is 3.23. The molecule has 1 aliphatic heterocycles. The summed E-state index contributed by atoms with van der Waals surface area (Å²) in [5.74, 6) is 1.39. The van der Waals surface area contributed by atoms with Crippen LogP contribution < -0.4 is 5.73 Å². The maximum Gasteiger partial charge on any atom is 0.107 e. The molecule has 0 aromatic carbocycles. The third-order valence-corrected chi connectivity index (χ3v) is 6.20. The molecule has 3 rings (SSSR count). The lowest BCUT2D eigenvalue weighted by Gasteiger charge is -2.44. The van der Waals surface area contributed by atoms with Gasteiger partial charge in [0.2, 0.25) is 0 Å². The summed E-state index contributed by atoms with van der Waals surface area (Å²) in [5, 5.41) is 9.33. The highest BCUT2D eigenvalue weighted by Crippen LogP contribution is 2.38. The van der Waals surface area contributed by atoms with Gasteiger partial charge in [0, 0.05) is 6.04 Å². The average molecular weight is 275 g/mol. The van der Waals surface area contributed by atoms with E-state index in [0.29, 0.717) is 5.92 Å². The molecule has 3 aliphatic rings. The molecule has 0 amide bonds. The van der Waals surface area contributed by atoms with Crippen molar-refractivity contribution in [3.63, 3.8) is 0 Å². The van der Waals surface area contributed by atoms with E-state index in [1.54, 1.807) is 0 Å². The summed E-state index contributed by atoms with van der Waals surface area (Å²) in [6.45, 7) is 2.45. The molecule has 0 spiro atoms. The average Bonchev–Trinajstić information content (AvgIpc) is 2.87. The zero-order valence-electron chi connectivity index (χ0n) is 12.7. The molecule has 0 aromatic heterocycles. The molecule has 0 aromatic rings. The molecule has 0 radical (unpaired) electrons. The first kappa shape index (κ1) is 14.4.